The van der Waals surface area contributed by atoms with Gasteiger partial charge in [0.25, 0.3) is 0 Å². The molecule has 3 rings (SSSR count). The number of halogens is 1. The number of anilines is 1. The zero-order valence-corrected chi connectivity index (χ0v) is 13.9. The van der Waals surface area contributed by atoms with E-state index in [2.05, 4.69) is 31.3 Å². The molecule has 0 aliphatic carbocycles. The summed E-state index contributed by atoms with van der Waals surface area (Å²) in [6.07, 6.45) is 1.92. The summed E-state index contributed by atoms with van der Waals surface area (Å²) < 4.78 is 5.55. The van der Waals surface area contributed by atoms with Gasteiger partial charge in [0.15, 0.2) is 0 Å². The third kappa shape index (κ3) is 3.57. The minimum atomic E-state index is -0.0927. The topological polar surface area (TPSA) is 42.2 Å². The summed E-state index contributed by atoms with van der Waals surface area (Å²) >= 11 is 5.93. The van der Waals surface area contributed by atoms with Crippen LogP contribution in [0.4, 0.5) is 5.69 Å². The molecule has 0 saturated heterocycles. The molecular weight excluding hydrogens is 310 g/mol. The summed E-state index contributed by atoms with van der Waals surface area (Å²) in [4.78, 5) is 12.3. The standard InChI is InChI=1S/C19H18ClNO2/c1-12(2)13-6-7-18-17(8-13)14(11-23-18)9-19(22)21-16-5-3-4-15(20)10-16/h3-8,10-12H,9H2,1-2H3,(H,21,22). The van der Waals surface area contributed by atoms with Gasteiger partial charge in [-0.1, -0.05) is 37.6 Å². The largest absolute Gasteiger partial charge is 0.464 e. The fourth-order valence-electron chi connectivity index (χ4n) is 2.54. The van der Waals surface area contributed by atoms with Crippen molar-refractivity contribution in [1.29, 1.82) is 0 Å². The molecule has 1 N–H and O–H groups in total. The maximum Gasteiger partial charge on any atom is 0.228 e. The fraction of sp³-hybridized carbons (Fsp3) is 0.211. The van der Waals surface area contributed by atoms with E-state index in [1.807, 2.05) is 12.1 Å². The van der Waals surface area contributed by atoms with Crippen molar-refractivity contribution in [2.45, 2.75) is 26.2 Å². The molecule has 0 radical (unpaired) electrons. The Hall–Kier alpha value is -2.26. The van der Waals surface area contributed by atoms with Crippen LogP contribution in [-0.2, 0) is 11.2 Å². The second kappa shape index (κ2) is 6.47. The van der Waals surface area contributed by atoms with E-state index in [0.29, 0.717) is 16.6 Å². The van der Waals surface area contributed by atoms with Crippen molar-refractivity contribution in [3.05, 3.63) is 64.9 Å². The Morgan fingerprint density at radius 3 is 2.78 bits per heavy atom. The van der Waals surface area contributed by atoms with Gasteiger partial charge >= 0.3 is 0 Å². The highest BCUT2D eigenvalue weighted by Crippen LogP contribution is 2.26. The average Bonchev–Trinajstić information content (AvgIpc) is 2.89. The normalized spacial score (nSPS) is 11.1. The van der Waals surface area contributed by atoms with E-state index in [-0.39, 0.29) is 12.3 Å². The van der Waals surface area contributed by atoms with Crippen LogP contribution >= 0.6 is 11.6 Å². The molecule has 0 aliphatic rings. The van der Waals surface area contributed by atoms with Gasteiger partial charge in [-0.3, -0.25) is 4.79 Å². The van der Waals surface area contributed by atoms with Crippen molar-refractivity contribution in [3.63, 3.8) is 0 Å². The second-order valence-corrected chi connectivity index (χ2v) is 6.34. The SMILES string of the molecule is CC(C)c1ccc2occ(CC(=O)Nc3cccc(Cl)c3)c2c1. The maximum atomic E-state index is 12.3. The van der Waals surface area contributed by atoms with E-state index in [1.54, 1.807) is 24.5 Å². The van der Waals surface area contributed by atoms with Crippen molar-refractivity contribution in [2.24, 2.45) is 0 Å². The van der Waals surface area contributed by atoms with Crippen LogP contribution < -0.4 is 5.32 Å². The molecule has 23 heavy (non-hydrogen) atoms. The summed E-state index contributed by atoms with van der Waals surface area (Å²) in [6.45, 7) is 4.29. The van der Waals surface area contributed by atoms with Crippen molar-refractivity contribution in [3.8, 4) is 0 Å². The van der Waals surface area contributed by atoms with Crippen LogP contribution in [0.1, 0.15) is 30.9 Å². The van der Waals surface area contributed by atoms with Gasteiger partial charge < -0.3 is 9.73 Å². The first kappa shape index (κ1) is 15.6. The Morgan fingerprint density at radius 1 is 1.22 bits per heavy atom. The highest BCUT2D eigenvalue weighted by Gasteiger charge is 2.12. The predicted molar refractivity (Wildman–Crippen MR) is 94.1 cm³/mol. The van der Waals surface area contributed by atoms with Crippen LogP contribution in [-0.4, -0.2) is 5.91 Å². The summed E-state index contributed by atoms with van der Waals surface area (Å²) in [6, 6.07) is 13.2. The lowest BCUT2D eigenvalue weighted by atomic mass is 10.00. The molecule has 0 aliphatic heterocycles. The Balaban J connectivity index is 1.80. The zero-order chi connectivity index (χ0) is 16.4. The van der Waals surface area contributed by atoms with Crippen molar-refractivity contribution in [1.82, 2.24) is 0 Å². The molecular formula is C19H18ClNO2. The van der Waals surface area contributed by atoms with Gasteiger partial charge in [0.2, 0.25) is 5.91 Å². The highest BCUT2D eigenvalue weighted by atomic mass is 35.5. The first-order valence-corrected chi connectivity index (χ1v) is 7.96. The lowest BCUT2D eigenvalue weighted by molar-refractivity contribution is -0.115. The van der Waals surface area contributed by atoms with E-state index in [4.69, 9.17) is 16.0 Å². The second-order valence-electron chi connectivity index (χ2n) is 5.91. The van der Waals surface area contributed by atoms with E-state index in [9.17, 15) is 4.79 Å². The highest BCUT2D eigenvalue weighted by molar-refractivity contribution is 6.30. The lowest BCUT2D eigenvalue weighted by Gasteiger charge is -2.06. The summed E-state index contributed by atoms with van der Waals surface area (Å²) in [5.41, 5.74) is 3.62. The molecule has 1 heterocycles. The van der Waals surface area contributed by atoms with Gasteiger partial charge in [0, 0.05) is 21.7 Å². The van der Waals surface area contributed by atoms with Crippen LogP contribution in [0.15, 0.2) is 53.1 Å². The predicted octanol–water partition coefficient (Wildman–Crippen LogP) is 5.39. The number of rotatable bonds is 4. The third-order valence-corrected chi connectivity index (χ3v) is 4.04. The van der Waals surface area contributed by atoms with Gasteiger partial charge in [-0.05, 0) is 41.8 Å². The van der Waals surface area contributed by atoms with E-state index < -0.39 is 0 Å². The Kier molecular flexibility index (Phi) is 4.39. The minimum absolute atomic E-state index is 0.0927. The molecule has 0 fully saturated rings. The number of hydrogen-bond acceptors (Lipinski definition) is 2. The van der Waals surface area contributed by atoms with Crippen molar-refractivity contribution < 1.29 is 9.21 Å². The molecule has 3 aromatic rings. The zero-order valence-electron chi connectivity index (χ0n) is 13.1. The van der Waals surface area contributed by atoms with Crippen molar-refractivity contribution in [2.75, 3.05) is 5.32 Å². The number of furan rings is 1. The number of nitrogens with one attached hydrogen (secondary N) is 1. The molecule has 3 nitrogen and oxygen atoms in total. The molecule has 1 aromatic heterocycles. The average molecular weight is 328 g/mol. The molecule has 0 spiro atoms. The van der Waals surface area contributed by atoms with E-state index in [0.717, 1.165) is 16.5 Å². The molecule has 0 atom stereocenters. The smallest absolute Gasteiger partial charge is 0.228 e. The first-order chi connectivity index (χ1) is 11.0. The number of benzene rings is 2. The van der Waals surface area contributed by atoms with E-state index >= 15 is 0 Å². The number of hydrogen-bond donors (Lipinski definition) is 1. The van der Waals surface area contributed by atoms with E-state index in [1.165, 1.54) is 5.56 Å². The summed E-state index contributed by atoms with van der Waals surface area (Å²) in [5.74, 6) is 0.340. The number of amides is 1. The lowest BCUT2D eigenvalue weighted by Crippen LogP contribution is -2.14. The summed E-state index contributed by atoms with van der Waals surface area (Å²) in [5, 5.41) is 4.45. The Labute approximate surface area is 140 Å². The van der Waals surface area contributed by atoms with Crippen molar-refractivity contribution >= 4 is 34.2 Å². The number of fused-ring (bicyclic) bond motifs is 1. The van der Waals surface area contributed by atoms with Gasteiger partial charge in [-0.25, -0.2) is 0 Å². The van der Waals surface area contributed by atoms with Gasteiger partial charge in [0.05, 0.1) is 12.7 Å². The Bertz CT molecular complexity index is 851. The Morgan fingerprint density at radius 2 is 2.04 bits per heavy atom. The summed E-state index contributed by atoms with van der Waals surface area (Å²) in [7, 11) is 0. The molecule has 0 unspecified atom stereocenters. The van der Waals surface area contributed by atoms with Crippen LogP contribution in [0.3, 0.4) is 0 Å². The van der Waals surface area contributed by atoms with Crippen LogP contribution in [0.5, 0.6) is 0 Å². The third-order valence-electron chi connectivity index (χ3n) is 3.80. The number of carbonyl (C=O) groups is 1. The molecule has 118 valence electrons. The molecule has 0 bridgehead atoms. The quantitative estimate of drug-likeness (QED) is 0.698. The number of carbonyl (C=O) groups excluding carboxylic acids is 1. The first-order valence-electron chi connectivity index (χ1n) is 7.58. The fourth-order valence-corrected chi connectivity index (χ4v) is 2.73. The van der Waals surface area contributed by atoms with Crippen LogP contribution in [0.25, 0.3) is 11.0 Å². The van der Waals surface area contributed by atoms with Gasteiger partial charge in [-0.2, -0.15) is 0 Å². The molecule has 1 amide bonds. The monoisotopic (exact) mass is 327 g/mol. The van der Waals surface area contributed by atoms with Gasteiger partial charge in [-0.15, -0.1) is 0 Å². The molecule has 4 heteroatoms. The maximum absolute atomic E-state index is 12.3. The molecule has 2 aromatic carbocycles. The van der Waals surface area contributed by atoms with Crippen LogP contribution in [0, 0.1) is 0 Å². The minimum Gasteiger partial charge on any atom is -0.464 e. The van der Waals surface area contributed by atoms with Gasteiger partial charge in [0.1, 0.15) is 5.58 Å². The molecule has 0 saturated carbocycles. The van der Waals surface area contributed by atoms with Crippen LogP contribution in [0.2, 0.25) is 5.02 Å².